The summed E-state index contributed by atoms with van der Waals surface area (Å²) in [7, 11) is -2.67. The van der Waals surface area contributed by atoms with Crippen LogP contribution in [0.5, 0.6) is 0 Å². The molecule has 0 amide bonds. The van der Waals surface area contributed by atoms with Gasteiger partial charge < -0.3 is 5.11 Å². The van der Waals surface area contributed by atoms with Crippen LogP contribution in [0.3, 0.4) is 0 Å². The molecule has 1 heterocycles. The minimum absolute atomic E-state index is 0.0540. The Morgan fingerprint density at radius 3 is 2.53 bits per heavy atom. The lowest BCUT2D eigenvalue weighted by Crippen LogP contribution is -2.33. The Kier molecular flexibility index (Phi) is 2.63. The highest BCUT2D eigenvalue weighted by Crippen LogP contribution is 2.34. The molecule has 1 aromatic carbocycles. The zero-order valence-electron chi connectivity index (χ0n) is 8.71. The number of aliphatic hydroxyl groups excluding tert-OH is 1. The van der Waals surface area contributed by atoms with Crippen LogP contribution < -0.4 is 0 Å². The van der Waals surface area contributed by atoms with E-state index < -0.39 is 26.7 Å². The maximum atomic E-state index is 12.0. The molecule has 0 radical (unpaired) electrons. The molecule has 17 heavy (non-hydrogen) atoms. The maximum absolute atomic E-state index is 12.0. The van der Waals surface area contributed by atoms with E-state index >= 15 is 0 Å². The van der Waals surface area contributed by atoms with Gasteiger partial charge in [0, 0.05) is 12.6 Å². The molecule has 1 aromatic rings. The Hall–Kier alpha value is -1.53. The Labute approximate surface area is 103 Å². The largest absolute Gasteiger partial charge is 0.505 e. The van der Waals surface area contributed by atoms with Gasteiger partial charge in [0.15, 0.2) is 11.5 Å². The van der Waals surface area contributed by atoms with Crippen LogP contribution in [0.15, 0.2) is 34.9 Å². The van der Waals surface area contributed by atoms with E-state index in [0.717, 1.165) is 7.05 Å². The predicted molar refractivity (Wildman–Crippen MR) is 61.8 cm³/mol. The monoisotopic (exact) mass is 273 g/mol. The third-order valence-electron chi connectivity index (χ3n) is 2.51. The Morgan fingerprint density at radius 2 is 1.94 bits per heavy atom. The van der Waals surface area contributed by atoms with Gasteiger partial charge in [-0.25, -0.2) is 8.42 Å². The van der Waals surface area contributed by atoms with Gasteiger partial charge in [0.1, 0.15) is 0 Å². The minimum Gasteiger partial charge on any atom is -0.505 e. The zero-order valence-corrected chi connectivity index (χ0v) is 10.3. The number of halogens is 1. The average molecular weight is 274 g/mol. The number of fused-ring (bicyclic) bond motifs is 1. The first-order valence-corrected chi connectivity index (χ1v) is 6.40. The molecule has 0 saturated carbocycles. The number of hydrogen-bond donors (Lipinski definition) is 1. The van der Waals surface area contributed by atoms with Gasteiger partial charge >= 0.3 is 0 Å². The summed E-state index contributed by atoms with van der Waals surface area (Å²) in [5.74, 6) is -0.432. The van der Waals surface area contributed by atoms with Crippen LogP contribution in [0.2, 0.25) is 0 Å². The molecule has 1 aliphatic heterocycles. The number of likely N-dealkylation sites (N-methyl/N-ethyl adjacent to an activating group) is 1. The van der Waals surface area contributed by atoms with E-state index in [0.29, 0.717) is 4.31 Å². The molecule has 5 nitrogen and oxygen atoms in total. The Bertz CT molecular complexity index is 635. The molecule has 0 fully saturated rings. The van der Waals surface area contributed by atoms with Crippen molar-refractivity contribution >= 4 is 32.6 Å². The number of aliphatic hydroxyl groups is 1. The first kappa shape index (κ1) is 11.9. The number of carbonyl (C=O) groups is 1. The fourth-order valence-corrected chi connectivity index (χ4v) is 3.31. The second kappa shape index (κ2) is 3.75. The zero-order chi connectivity index (χ0) is 12.8. The molecule has 1 aliphatic rings. The fraction of sp³-hybridized carbons (Fsp3) is 0.100. The molecule has 7 heteroatoms. The number of hydrogen-bond acceptors (Lipinski definition) is 4. The molecule has 90 valence electrons. The van der Waals surface area contributed by atoms with Gasteiger partial charge in [0.25, 0.3) is 15.3 Å². The number of allylic oxidation sites excluding steroid dienone is 1. The summed E-state index contributed by atoms with van der Waals surface area (Å²) in [6, 6.07) is 5.86. The number of carbonyl (C=O) groups excluding carboxylic acids is 1. The van der Waals surface area contributed by atoms with Gasteiger partial charge in [-0.3, -0.25) is 9.10 Å². The molecular weight excluding hydrogens is 266 g/mol. The maximum Gasteiger partial charge on any atom is 0.273 e. The van der Waals surface area contributed by atoms with Crippen LogP contribution in [0.1, 0.15) is 5.56 Å². The predicted octanol–water partition coefficient (Wildman–Crippen LogP) is 1.31. The smallest absolute Gasteiger partial charge is 0.273 e. The van der Waals surface area contributed by atoms with Crippen molar-refractivity contribution in [1.82, 2.24) is 4.31 Å². The van der Waals surface area contributed by atoms with E-state index in [4.69, 9.17) is 11.6 Å². The van der Waals surface area contributed by atoms with Crippen LogP contribution in [-0.4, -0.2) is 30.1 Å². The third-order valence-corrected chi connectivity index (χ3v) is 4.50. The Balaban J connectivity index is 2.87. The third kappa shape index (κ3) is 1.60. The van der Waals surface area contributed by atoms with Crippen molar-refractivity contribution < 1.29 is 18.3 Å². The lowest BCUT2D eigenvalue weighted by Gasteiger charge is -2.27. The summed E-state index contributed by atoms with van der Waals surface area (Å²) in [5, 5.41) is 8.84. The van der Waals surface area contributed by atoms with Crippen molar-refractivity contribution in [2.24, 2.45) is 0 Å². The number of nitrogens with zero attached hydrogens (tertiary/aromatic N) is 1. The quantitative estimate of drug-likeness (QED) is 0.783. The summed E-state index contributed by atoms with van der Waals surface area (Å²) in [6.07, 6.45) is 0. The standard InChI is InChI=1S/C10H8ClNO4S/c1-12-8(10(11)14)9(13)6-4-2-3-5-7(6)17(12,15)16/h2-5,13H,1H3. The van der Waals surface area contributed by atoms with Crippen LogP contribution in [0.25, 0.3) is 5.76 Å². The average Bonchev–Trinajstić information content (AvgIpc) is 2.27. The molecule has 2 rings (SSSR count). The van der Waals surface area contributed by atoms with E-state index in [1.165, 1.54) is 18.2 Å². The molecule has 0 atom stereocenters. The van der Waals surface area contributed by atoms with Crippen molar-refractivity contribution in [2.45, 2.75) is 4.90 Å². The summed E-state index contributed by atoms with van der Waals surface area (Å²) in [4.78, 5) is 11.1. The van der Waals surface area contributed by atoms with Gasteiger partial charge in [0.05, 0.1) is 4.90 Å². The van der Waals surface area contributed by atoms with E-state index in [1.54, 1.807) is 6.07 Å². The van der Waals surface area contributed by atoms with Crippen molar-refractivity contribution in [1.29, 1.82) is 0 Å². The highest BCUT2D eigenvalue weighted by Gasteiger charge is 2.36. The number of sulfonamides is 1. The van der Waals surface area contributed by atoms with Crippen molar-refractivity contribution in [3.63, 3.8) is 0 Å². The number of rotatable bonds is 1. The van der Waals surface area contributed by atoms with Gasteiger partial charge in [-0.1, -0.05) is 12.1 Å². The highest BCUT2D eigenvalue weighted by atomic mass is 35.5. The van der Waals surface area contributed by atoms with Gasteiger partial charge in [-0.05, 0) is 23.7 Å². The van der Waals surface area contributed by atoms with Crippen LogP contribution in [0.4, 0.5) is 0 Å². The molecule has 0 saturated heterocycles. The minimum atomic E-state index is -3.84. The molecule has 0 spiro atoms. The van der Waals surface area contributed by atoms with E-state index in [9.17, 15) is 18.3 Å². The normalized spacial score (nSPS) is 17.9. The summed E-state index contributed by atoms with van der Waals surface area (Å²) in [5.41, 5.74) is -0.361. The molecular formula is C10H8ClNO4S. The van der Waals surface area contributed by atoms with Gasteiger partial charge in [-0.2, -0.15) is 0 Å². The molecule has 0 aliphatic carbocycles. The molecule has 0 aromatic heterocycles. The summed E-state index contributed by atoms with van der Waals surface area (Å²) in [6.45, 7) is 0. The molecule has 1 N–H and O–H groups in total. The van der Waals surface area contributed by atoms with Gasteiger partial charge in [0.2, 0.25) is 0 Å². The second-order valence-corrected chi connectivity index (χ2v) is 5.72. The van der Waals surface area contributed by atoms with Gasteiger partial charge in [-0.15, -0.1) is 0 Å². The van der Waals surface area contributed by atoms with Crippen molar-refractivity contribution in [3.8, 4) is 0 Å². The lowest BCUT2D eigenvalue weighted by atomic mass is 10.1. The van der Waals surface area contributed by atoms with E-state index in [-0.39, 0.29) is 10.5 Å². The topological polar surface area (TPSA) is 74.7 Å². The molecule has 0 unspecified atom stereocenters. The first-order chi connectivity index (χ1) is 7.87. The number of benzene rings is 1. The highest BCUT2D eigenvalue weighted by molar-refractivity contribution is 7.89. The SMILES string of the molecule is CN1C(C(=O)Cl)=C(O)c2ccccc2S1(=O)=O. The van der Waals surface area contributed by atoms with Crippen LogP contribution in [-0.2, 0) is 14.8 Å². The van der Waals surface area contributed by atoms with Crippen molar-refractivity contribution in [2.75, 3.05) is 7.05 Å². The van der Waals surface area contributed by atoms with Crippen LogP contribution >= 0.6 is 11.6 Å². The van der Waals surface area contributed by atoms with Crippen LogP contribution in [0, 0.1) is 0 Å². The second-order valence-electron chi connectivity index (χ2n) is 3.44. The summed E-state index contributed by atoms with van der Waals surface area (Å²) >= 11 is 5.28. The Morgan fingerprint density at radius 1 is 1.35 bits per heavy atom. The lowest BCUT2D eigenvalue weighted by molar-refractivity contribution is -0.109. The van der Waals surface area contributed by atoms with E-state index in [1.807, 2.05) is 0 Å². The summed E-state index contributed by atoms with van der Waals surface area (Å²) < 4.78 is 24.7. The fourth-order valence-electron chi connectivity index (χ4n) is 1.65. The molecule has 0 bridgehead atoms. The van der Waals surface area contributed by atoms with E-state index in [2.05, 4.69) is 0 Å². The van der Waals surface area contributed by atoms with Crippen molar-refractivity contribution in [3.05, 3.63) is 35.5 Å². The first-order valence-electron chi connectivity index (χ1n) is 4.58.